The number of carbonyl (C=O) groups excluding carboxylic acids is 2. The van der Waals surface area contributed by atoms with Crippen molar-refractivity contribution in [3.05, 3.63) is 47.0 Å². The lowest BCUT2D eigenvalue weighted by Crippen LogP contribution is -2.45. The Labute approximate surface area is 205 Å². The summed E-state index contributed by atoms with van der Waals surface area (Å²) in [4.78, 5) is 36.4. The van der Waals surface area contributed by atoms with E-state index >= 15 is 0 Å². The Bertz CT molecular complexity index is 969. The quantitative estimate of drug-likeness (QED) is 0.301. The molecule has 10 nitrogen and oxygen atoms in total. The van der Waals surface area contributed by atoms with Crippen molar-refractivity contribution in [1.82, 2.24) is 23.7 Å². The third-order valence-electron chi connectivity index (χ3n) is 5.08. The van der Waals surface area contributed by atoms with Crippen LogP contribution < -0.4 is 19.1 Å². The van der Waals surface area contributed by atoms with Crippen molar-refractivity contribution in [1.29, 1.82) is 0 Å². The summed E-state index contributed by atoms with van der Waals surface area (Å²) in [7, 11) is 5.13. The van der Waals surface area contributed by atoms with Crippen LogP contribution in [0.2, 0.25) is 5.02 Å². The first-order chi connectivity index (χ1) is 15.3. The van der Waals surface area contributed by atoms with Crippen LogP contribution in [-0.4, -0.2) is 73.6 Å². The van der Waals surface area contributed by atoms with Gasteiger partial charge in [-0.25, -0.2) is 4.98 Å². The molecule has 0 saturated carbocycles. The molecule has 0 fully saturated rings. The third-order valence-corrected chi connectivity index (χ3v) is 5.89. The fraction of sp³-hybridized carbons (Fsp3) is 0.400. The van der Waals surface area contributed by atoms with Crippen LogP contribution in [0, 0.1) is 5.92 Å². The zero-order valence-electron chi connectivity index (χ0n) is 17.9. The normalized spacial score (nSPS) is 19.7. The molecule has 2 atom stereocenters. The highest BCUT2D eigenvalue weighted by Crippen LogP contribution is 2.30. The number of rotatable bonds is 9. The number of allylic oxidation sites excluding steroid dienone is 1. The molecule has 2 amide bonds. The van der Waals surface area contributed by atoms with Gasteiger partial charge in [0.05, 0.1) is 12.2 Å². The molecule has 2 heterocycles. The molecule has 172 valence electrons. The summed E-state index contributed by atoms with van der Waals surface area (Å²) in [6.45, 7) is 1.30. The summed E-state index contributed by atoms with van der Waals surface area (Å²) in [6, 6.07) is -0.149. The molecule has 0 spiro atoms. The molecule has 1 aromatic rings. The molecule has 2 aliphatic rings. The summed E-state index contributed by atoms with van der Waals surface area (Å²) in [6.07, 6.45) is 9.09. The molecule has 1 aliphatic carbocycles. The predicted octanol–water partition coefficient (Wildman–Crippen LogP) is 1.47. The van der Waals surface area contributed by atoms with Gasteiger partial charge in [-0.1, -0.05) is 23.8 Å². The Morgan fingerprint density at radius 2 is 2.19 bits per heavy atom. The summed E-state index contributed by atoms with van der Waals surface area (Å²) < 4.78 is 8.51. The van der Waals surface area contributed by atoms with Crippen molar-refractivity contribution in [3.63, 3.8) is 0 Å². The van der Waals surface area contributed by atoms with Crippen LogP contribution in [0.15, 0.2) is 42.0 Å². The second-order valence-electron chi connectivity index (χ2n) is 7.25. The number of carbonyl (C=O) groups is 2. The maximum atomic E-state index is 12.6. The Kier molecular flexibility index (Phi) is 8.32. The maximum absolute atomic E-state index is 12.6. The first kappa shape index (κ1) is 24.3. The SMILES string of the molecule is CNC(=O)COC1=CC2C=C(Nc3nc(N(C)CCNI)ncc3Cl)C=CC2N(C)C1=O. The van der Waals surface area contributed by atoms with Gasteiger partial charge in [0.2, 0.25) is 5.95 Å². The van der Waals surface area contributed by atoms with Crippen LogP contribution in [0.1, 0.15) is 0 Å². The maximum Gasteiger partial charge on any atom is 0.288 e. The molecule has 0 radical (unpaired) electrons. The minimum atomic E-state index is -0.307. The summed E-state index contributed by atoms with van der Waals surface area (Å²) in [5.74, 6) is 0.476. The highest BCUT2D eigenvalue weighted by molar-refractivity contribution is 14.1. The zero-order valence-corrected chi connectivity index (χ0v) is 20.8. The molecular weight excluding hydrogens is 549 g/mol. The standard InChI is InChI=1S/C20H25ClIN7O3/c1-23-17(30)11-32-16-9-12-8-13(4-5-15(12)29(3)19(16)31)26-18-14(21)10-24-20(27-18)28(2)7-6-25-22/h4-5,8-10,12,15,25H,6-7,11H2,1-3H3,(H,23,30)(H,24,26,27). The summed E-state index contributed by atoms with van der Waals surface area (Å²) in [5, 5.41) is 6.11. The smallest absolute Gasteiger partial charge is 0.288 e. The highest BCUT2D eigenvalue weighted by Gasteiger charge is 2.34. The minimum absolute atomic E-state index is 0.137. The number of amides is 2. The molecule has 0 bridgehead atoms. The monoisotopic (exact) mass is 573 g/mol. The Hall–Kier alpha value is -2.38. The predicted molar refractivity (Wildman–Crippen MR) is 131 cm³/mol. The average molecular weight is 574 g/mol. The second kappa shape index (κ2) is 11.0. The number of hydrogen-bond donors (Lipinski definition) is 3. The number of hydrogen-bond acceptors (Lipinski definition) is 8. The summed E-state index contributed by atoms with van der Waals surface area (Å²) in [5.41, 5.74) is 0.777. The molecule has 3 rings (SSSR count). The van der Waals surface area contributed by atoms with Gasteiger partial charge in [0.25, 0.3) is 11.8 Å². The van der Waals surface area contributed by atoms with Crippen molar-refractivity contribution >= 4 is 58.0 Å². The molecular formula is C20H25ClIN7O3. The summed E-state index contributed by atoms with van der Waals surface area (Å²) >= 11 is 8.41. The van der Waals surface area contributed by atoms with E-state index in [2.05, 4.69) is 47.0 Å². The Morgan fingerprint density at radius 3 is 2.91 bits per heavy atom. The molecule has 2 unspecified atom stereocenters. The van der Waals surface area contributed by atoms with Gasteiger partial charge in [-0.05, 0) is 12.2 Å². The topological polar surface area (TPSA) is 112 Å². The van der Waals surface area contributed by atoms with Gasteiger partial charge in [0.15, 0.2) is 18.2 Å². The van der Waals surface area contributed by atoms with Crippen molar-refractivity contribution in [2.24, 2.45) is 5.92 Å². The van der Waals surface area contributed by atoms with E-state index in [9.17, 15) is 9.59 Å². The number of fused-ring (bicyclic) bond motifs is 1. The van der Waals surface area contributed by atoms with E-state index in [1.165, 1.54) is 7.05 Å². The molecule has 3 N–H and O–H groups in total. The van der Waals surface area contributed by atoms with E-state index in [-0.39, 0.29) is 36.1 Å². The average Bonchev–Trinajstić information content (AvgIpc) is 2.79. The van der Waals surface area contributed by atoms with Crippen molar-refractivity contribution in [2.45, 2.75) is 6.04 Å². The molecule has 0 saturated heterocycles. The van der Waals surface area contributed by atoms with Crippen molar-refractivity contribution in [2.75, 3.05) is 51.1 Å². The highest BCUT2D eigenvalue weighted by atomic mass is 127. The number of likely N-dealkylation sites (N-methyl/N-ethyl adjacent to an activating group) is 3. The van der Waals surface area contributed by atoms with E-state index in [1.54, 1.807) is 24.2 Å². The van der Waals surface area contributed by atoms with Crippen LogP contribution in [0.25, 0.3) is 0 Å². The van der Waals surface area contributed by atoms with Gasteiger partial charge >= 0.3 is 0 Å². The number of nitrogens with one attached hydrogen (secondary N) is 3. The van der Waals surface area contributed by atoms with Gasteiger partial charge in [-0.2, -0.15) is 4.98 Å². The Balaban J connectivity index is 1.78. The number of nitrogens with zero attached hydrogens (tertiary/aromatic N) is 4. The van der Waals surface area contributed by atoms with Gasteiger partial charge in [-0.15, -0.1) is 0 Å². The largest absolute Gasteiger partial charge is 0.478 e. The lowest BCUT2D eigenvalue weighted by atomic mass is 9.89. The van der Waals surface area contributed by atoms with Crippen LogP contribution in [0.4, 0.5) is 11.8 Å². The van der Waals surface area contributed by atoms with Gasteiger partial charge < -0.3 is 25.2 Å². The van der Waals surface area contributed by atoms with Crippen LogP contribution in [-0.2, 0) is 14.3 Å². The number of aromatic nitrogens is 2. The first-order valence-electron chi connectivity index (χ1n) is 9.90. The minimum Gasteiger partial charge on any atom is -0.478 e. The first-order valence-corrected chi connectivity index (χ1v) is 11.4. The third kappa shape index (κ3) is 5.70. The second-order valence-corrected chi connectivity index (χ2v) is 8.42. The van der Waals surface area contributed by atoms with E-state index in [1.807, 2.05) is 30.2 Å². The van der Waals surface area contributed by atoms with E-state index < -0.39 is 0 Å². The van der Waals surface area contributed by atoms with Crippen molar-refractivity contribution in [3.8, 4) is 0 Å². The van der Waals surface area contributed by atoms with Crippen LogP contribution >= 0.6 is 34.5 Å². The molecule has 1 aliphatic heterocycles. The van der Waals surface area contributed by atoms with Gasteiger partial charge in [-0.3, -0.25) is 13.1 Å². The number of halogens is 2. The van der Waals surface area contributed by atoms with E-state index in [4.69, 9.17) is 16.3 Å². The lowest BCUT2D eigenvalue weighted by molar-refractivity contribution is -0.134. The molecule has 12 heteroatoms. The molecule has 0 aromatic carbocycles. The number of ether oxygens (including phenoxy) is 1. The van der Waals surface area contributed by atoms with Gasteiger partial charge in [0, 0.05) is 68.7 Å². The van der Waals surface area contributed by atoms with Crippen molar-refractivity contribution < 1.29 is 14.3 Å². The lowest BCUT2D eigenvalue weighted by Gasteiger charge is -2.36. The molecule has 32 heavy (non-hydrogen) atoms. The van der Waals surface area contributed by atoms with E-state index in [0.29, 0.717) is 16.8 Å². The van der Waals surface area contributed by atoms with Gasteiger partial charge in [0.1, 0.15) is 5.02 Å². The van der Waals surface area contributed by atoms with Crippen LogP contribution in [0.5, 0.6) is 0 Å². The fourth-order valence-electron chi connectivity index (χ4n) is 3.27. The van der Waals surface area contributed by atoms with E-state index in [0.717, 1.165) is 18.8 Å². The molecule has 1 aromatic heterocycles. The fourth-order valence-corrected chi connectivity index (χ4v) is 3.65. The van der Waals surface area contributed by atoms with Crippen LogP contribution in [0.3, 0.4) is 0 Å². The Morgan fingerprint density at radius 1 is 1.41 bits per heavy atom. The zero-order chi connectivity index (χ0) is 23.3. The number of anilines is 2.